The largest absolute Gasteiger partial charge is 0.480 e. The van der Waals surface area contributed by atoms with Gasteiger partial charge in [-0.2, -0.15) is 0 Å². The monoisotopic (exact) mass is 1270 g/mol. The van der Waals surface area contributed by atoms with Gasteiger partial charge in [-0.25, -0.2) is 0 Å². The van der Waals surface area contributed by atoms with Crippen LogP contribution >= 0.6 is 0 Å². The molecule has 500 valence electrons. The molecule has 0 unspecified atom stereocenters. The van der Waals surface area contributed by atoms with Crippen molar-refractivity contribution >= 4 is 77.0 Å². The minimum absolute atomic E-state index is 0.00322. The summed E-state index contributed by atoms with van der Waals surface area (Å²) in [5, 5.41) is 38.9. The SMILES string of the molecule is C[C@H](NC(=O)[C@H](CCCCN)NC(=O)[C@H](CCCN=C(N)N)NC(=O)[C@H](Cc1ccccc1)NC(=O)[C@@H]1CCCN1C(=O)[C@@H](NC(=O)[C@H](Cc1ccccc1)NC(=O)CNC(=O)[C@@H]1CCCN1C(=O)[C@@H]1CCCN1C(=O)[C@@H](N)CCCN=C(N)N)[C@@H](C)O)C(=O)O. The summed E-state index contributed by atoms with van der Waals surface area (Å²) in [6.07, 6.45) is 2.07. The standard InChI is InChI=1S/C60H92N18O13/c1-35(58(90)91)70-49(81)40(21-9-10-26-61)72-50(82)41(22-12-28-68-60(65)66)73-51(83)43(33-38-18-7-4-8-19-38)74-54(86)45-24-14-30-77(45)57(89)48(36(2)79)75-52(84)42(32-37-16-5-3-6-17-37)71-47(80)34-69-53(85)44-23-13-29-76(44)56(88)46-25-15-31-78(46)55(87)39(62)20-11-27-67-59(63)64/h3-8,16-19,35-36,39-46,48,79H,9-15,20-34,61-62H2,1-2H3,(H,69,85)(H,70,81)(H,71,80)(H,72,82)(H,73,83)(H,74,86)(H,75,84)(H,90,91)(H4,63,64,67)(H4,65,66,68)/t35-,36+,39-,40-,41-,42-,43-,44-,45-,46-,48-/m0/s1. The Morgan fingerprint density at radius 1 is 0.549 bits per heavy atom. The van der Waals surface area contributed by atoms with E-state index in [1.54, 1.807) is 60.7 Å². The Labute approximate surface area is 528 Å². The number of aliphatic imine (C=N–C) groups is 2. The lowest BCUT2D eigenvalue weighted by atomic mass is 10.0. The number of guanidine groups is 2. The van der Waals surface area contributed by atoms with Gasteiger partial charge < -0.3 is 96.5 Å². The average molecular weight is 1270 g/mol. The number of aliphatic hydroxyl groups excluding tert-OH is 1. The first-order valence-corrected chi connectivity index (χ1v) is 31.0. The van der Waals surface area contributed by atoms with Gasteiger partial charge in [0.05, 0.1) is 18.7 Å². The van der Waals surface area contributed by atoms with E-state index >= 15 is 0 Å². The van der Waals surface area contributed by atoms with Gasteiger partial charge in [-0.05, 0) is 115 Å². The molecular weight excluding hydrogens is 1180 g/mol. The third kappa shape index (κ3) is 22.8. The van der Waals surface area contributed by atoms with E-state index in [0.717, 1.165) is 0 Å². The first kappa shape index (κ1) is 72.8. The second kappa shape index (κ2) is 36.6. The third-order valence-electron chi connectivity index (χ3n) is 16.0. The van der Waals surface area contributed by atoms with Crippen LogP contribution in [0.3, 0.4) is 0 Å². The summed E-state index contributed by atoms with van der Waals surface area (Å²) in [5.74, 6) is -8.81. The molecule has 2 aromatic rings. The van der Waals surface area contributed by atoms with Crippen molar-refractivity contribution in [1.82, 2.24) is 51.9 Å². The number of amides is 10. The number of hydrogen-bond acceptors (Lipinski definition) is 16. The summed E-state index contributed by atoms with van der Waals surface area (Å²) in [4.78, 5) is 164. The molecule has 3 saturated heterocycles. The molecule has 3 aliphatic heterocycles. The maximum Gasteiger partial charge on any atom is 0.325 e. The number of aliphatic carboxylic acids is 1. The van der Waals surface area contributed by atoms with E-state index in [1.807, 2.05) is 0 Å². The number of aliphatic hydroxyl groups is 1. The van der Waals surface area contributed by atoms with Crippen molar-refractivity contribution in [3.8, 4) is 0 Å². The molecule has 31 heteroatoms. The van der Waals surface area contributed by atoms with E-state index in [1.165, 1.54) is 28.5 Å². The van der Waals surface area contributed by atoms with Crippen LogP contribution in [0.15, 0.2) is 70.6 Å². The molecule has 3 fully saturated rings. The summed E-state index contributed by atoms with van der Waals surface area (Å²) in [5.41, 5.74) is 35.0. The van der Waals surface area contributed by atoms with Crippen LogP contribution in [0.5, 0.6) is 0 Å². The number of benzene rings is 2. The van der Waals surface area contributed by atoms with Crippen molar-refractivity contribution in [1.29, 1.82) is 0 Å². The second-order valence-electron chi connectivity index (χ2n) is 23.1. The van der Waals surface area contributed by atoms with Crippen LogP contribution in [0.1, 0.15) is 108 Å². The van der Waals surface area contributed by atoms with Crippen LogP contribution < -0.4 is 71.6 Å². The minimum Gasteiger partial charge on any atom is -0.480 e. The van der Waals surface area contributed by atoms with E-state index < -0.39 is 138 Å². The number of nitrogens with two attached hydrogens (primary N) is 6. The number of unbranched alkanes of at least 4 members (excludes halogenated alkanes) is 1. The molecule has 2 aromatic carbocycles. The Bertz CT molecular complexity index is 2880. The lowest BCUT2D eigenvalue weighted by Crippen LogP contribution is -2.61. The number of carboxylic acid groups (broad SMARTS) is 1. The van der Waals surface area contributed by atoms with E-state index in [9.17, 15) is 63.0 Å². The smallest absolute Gasteiger partial charge is 0.325 e. The minimum atomic E-state index is -1.67. The van der Waals surface area contributed by atoms with Gasteiger partial charge in [0, 0.05) is 45.6 Å². The summed E-state index contributed by atoms with van der Waals surface area (Å²) in [7, 11) is 0. The van der Waals surface area contributed by atoms with E-state index in [2.05, 4.69) is 47.2 Å². The molecule has 0 aromatic heterocycles. The third-order valence-corrected chi connectivity index (χ3v) is 16.0. The summed E-state index contributed by atoms with van der Waals surface area (Å²) in [6.45, 7) is 3.05. The zero-order valence-electron chi connectivity index (χ0n) is 51.8. The number of hydrogen-bond donors (Lipinski definition) is 15. The summed E-state index contributed by atoms with van der Waals surface area (Å²) < 4.78 is 0. The molecule has 0 aliphatic carbocycles. The van der Waals surface area contributed by atoms with Gasteiger partial charge in [-0.1, -0.05) is 60.7 Å². The molecule has 10 amide bonds. The van der Waals surface area contributed by atoms with Gasteiger partial charge in [0.2, 0.25) is 59.1 Å². The number of carboxylic acids is 1. The molecule has 3 heterocycles. The molecule has 3 aliphatic rings. The quantitative estimate of drug-likeness (QED) is 0.0176. The van der Waals surface area contributed by atoms with Crippen molar-refractivity contribution in [2.24, 2.45) is 44.4 Å². The van der Waals surface area contributed by atoms with Crippen LogP contribution in [-0.2, 0) is 65.6 Å². The zero-order valence-corrected chi connectivity index (χ0v) is 51.8. The van der Waals surface area contributed by atoms with Crippen LogP contribution in [0.25, 0.3) is 0 Å². The highest BCUT2D eigenvalue weighted by Crippen LogP contribution is 2.26. The van der Waals surface area contributed by atoms with Crippen LogP contribution in [-0.4, -0.2) is 214 Å². The fraction of sp³-hybridized carbons (Fsp3) is 0.583. The topological polar surface area (TPSA) is 503 Å². The predicted molar refractivity (Wildman–Crippen MR) is 335 cm³/mol. The maximum atomic E-state index is 14.6. The van der Waals surface area contributed by atoms with Gasteiger partial charge >= 0.3 is 5.97 Å². The molecule has 31 nitrogen and oxygen atoms in total. The van der Waals surface area contributed by atoms with E-state index in [0.29, 0.717) is 62.6 Å². The Morgan fingerprint density at radius 2 is 1.01 bits per heavy atom. The zero-order chi connectivity index (χ0) is 66.7. The average Bonchev–Trinajstić information content (AvgIpc) is 1.77. The number of nitrogens with zero attached hydrogens (tertiary/aromatic N) is 5. The van der Waals surface area contributed by atoms with Gasteiger partial charge in [0.25, 0.3) is 0 Å². The molecule has 0 radical (unpaired) electrons. The molecule has 0 saturated carbocycles. The number of nitrogens with one attached hydrogen (secondary N) is 7. The molecule has 11 atom stereocenters. The summed E-state index contributed by atoms with van der Waals surface area (Å²) in [6, 6.07) is 4.94. The second-order valence-corrected chi connectivity index (χ2v) is 23.1. The van der Waals surface area contributed by atoms with Crippen molar-refractivity contribution in [2.75, 3.05) is 45.8 Å². The highest BCUT2D eigenvalue weighted by Gasteiger charge is 2.44. The van der Waals surface area contributed by atoms with Crippen LogP contribution in [0.4, 0.5) is 0 Å². The molecule has 21 N–H and O–H groups in total. The first-order valence-electron chi connectivity index (χ1n) is 31.0. The van der Waals surface area contributed by atoms with Gasteiger partial charge in [0.1, 0.15) is 54.4 Å². The number of likely N-dealkylation sites (tertiary alicyclic amines) is 3. The molecule has 5 rings (SSSR count). The Kier molecular flexibility index (Phi) is 29.3. The van der Waals surface area contributed by atoms with Crippen LogP contribution in [0, 0.1) is 0 Å². The molecular formula is C60H92N18O13. The van der Waals surface area contributed by atoms with Crippen LogP contribution in [0.2, 0.25) is 0 Å². The highest BCUT2D eigenvalue weighted by molar-refractivity contribution is 5.99. The lowest BCUT2D eigenvalue weighted by molar-refractivity contribution is -0.147. The van der Waals surface area contributed by atoms with Gasteiger partial charge in [0.15, 0.2) is 11.9 Å². The predicted octanol–water partition coefficient (Wildman–Crippen LogP) is -4.48. The Balaban J connectivity index is 1.28. The molecule has 91 heavy (non-hydrogen) atoms. The lowest BCUT2D eigenvalue weighted by Gasteiger charge is -2.32. The first-order chi connectivity index (χ1) is 43.4. The molecule has 0 spiro atoms. The van der Waals surface area contributed by atoms with E-state index in [-0.39, 0.29) is 96.0 Å². The molecule has 0 bridgehead atoms. The van der Waals surface area contributed by atoms with Crippen molar-refractivity contribution in [3.63, 3.8) is 0 Å². The Hall–Kier alpha value is -8.97. The number of carbonyl (C=O) groups is 11. The highest BCUT2D eigenvalue weighted by atomic mass is 16.4. The van der Waals surface area contributed by atoms with Crippen molar-refractivity contribution < 1.29 is 63.0 Å². The van der Waals surface area contributed by atoms with E-state index in [4.69, 9.17) is 34.4 Å². The normalized spacial score (nSPS) is 18.7. The van der Waals surface area contributed by atoms with Gasteiger partial charge in [-0.15, -0.1) is 0 Å². The Morgan fingerprint density at radius 3 is 1.54 bits per heavy atom. The van der Waals surface area contributed by atoms with Gasteiger partial charge in [-0.3, -0.25) is 62.7 Å². The number of carbonyl (C=O) groups excluding carboxylic acids is 10. The van der Waals surface area contributed by atoms with Crippen molar-refractivity contribution in [2.45, 2.75) is 177 Å². The summed E-state index contributed by atoms with van der Waals surface area (Å²) >= 11 is 0. The fourth-order valence-corrected chi connectivity index (χ4v) is 11.1. The maximum absolute atomic E-state index is 14.6. The number of rotatable bonds is 35. The fourth-order valence-electron chi connectivity index (χ4n) is 11.1. The van der Waals surface area contributed by atoms with Crippen molar-refractivity contribution in [3.05, 3.63) is 71.8 Å².